The van der Waals surface area contributed by atoms with E-state index in [1.165, 1.54) is 57.3 Å². The third kappa shape index (κ3) is 6.09. The van der Waals surface area contributed by atoms with Crippen LogP contribution in [0.3, 0.4) is 0 Å². The van der Waals surface area contributed by atoms with Crippen molar-refractivity contribution in [1.29, 1.82) is 0 Å². The molecule has 0 fully saturated rings. The minimum atomic E-state index is 0. The van der Waals surface area contributed by atoms with Crippen LogP contribution in [0.15, 0.2) is 118 Å². The van der Waals surface area contributed by atoms with Crippen LogP contribution in [0.2, 0.25) is 0 Å². The number of hydrogen-bond donors (Lipinski definition) is 0. The van der Waals surface area contributed by atoms with Gasteiger partial charge in [0.05, 0.1) is 0 Å². The topological polar surface area (TPSA) is 0 Å². The molecule has 7 aromatic rings. The zero-order chi connectivity index (χ0) is 22.4. The summed E-state index contributed by atoms with van der Waals surface area (Å²) in [6, 6.07) is 38.9. The standard InChI is InChI=1S/C15H8BrS.C15H10Br.2HI.Zr/c16-14-4-5-15-13-8-10(7-12(13)14)9-2-1-3-11(6-9)17-15;16-15-8-4-7-12-9-13(10-14(12)15)11-5-2-1-3-6-11;;;/h1-8H;1-10H;2*1H;/q2*-1;;;+4/p-2. The molecule has 0 unspecified atom stereocenters. The molecular formula is C30H18Br2I2SZr. The molecule has 6 aromatic carbocycles. The average Bonchev–Trinajstić information content (AvgIpc) is 3.49. The molecule has 1 heterocycles. The van der Waals surface area contributed by atoms with Gasteiger partial charge in [0.25, 0.3) is 0 Å². The van der Waals surface area contributed by atoms with Gasteiger partial charge < -0.3 is 48.0 Å². The maximum absolute atomic E-state index is 3.63. The van der Waals surface area contributed by atoms with Crippen molar-refractivity contribution in [2.45, 2.75) is 0 Å². The predicted octanol–water partition coefficient (Wildman–Crippen LogP) is 4.68. The van der Waals surface area contributed by atoms with E-state index in [-0.39, 0.29) is 74.2 Å². The summed E-state index contributed by atoms with van der Waals surface area (Å²) in [5.74, 6) is 0. The molecule has 0 aliphatic carbocycles. The Morgan fingerprint density at radius 2 is 1.33 bits per heavy atom. The van der Waals surface area contributed by atoms with Gasteiger partial charge in [-0.25, -0.2) is 0 Å². The molecule has 36 heavy (non-hydrogen) atoms. The van der Waals surface area contributed by atoms with E-state index in [9.17, 15) is 0 Å². The molecule has 0 aliphatic heterocycles. The molecule has 0 atom stereocenters. The molecule has 0 nitrogen and oxygen atoms in total. The Morgan fingerprint density at radius 3 is 2.11 bits per heavy atom. The van der Waals surface area contributed by atoms with Crippen LogP contribution in [0.5, 0.6) is 0 Å². The first-order chi connectivity index (χ1) is 16.2. The first-order valence-electron chi connectivity index (χ1n) is 10.7. The fraction of sp³-hybridized carbons (Fsp3) is 0. The van der Waals surface area contributed by atoms with Gasteiger partial charge in [-0.1, -0.05) is 95.2 Å². The number of fused-ring (bicyclic) bond motifs is 5. The van der Waals surface area contributed by atoms with Gasteiger partial charge in [-0.05, 0) is 19.7 Å². The Morgan fingerprint density at radius 1 is 0.611 bits per heavy atom. The van der Waals surface area contributed by atoms with Gasteiger partial charge in [-0.2, -0.15) is 0 Å². The van der Waals surface area contributed by atoms with Crippen LogP contribution in [0.25, 0.3) is 52.8 Å². The third-order valence-corrected chi connectivity index (χ3v) is 8.44. The zero-order valence-electron chi connectivity index (χ0n) is 18.8. The minimum Gasteiger partial charge on any atom is -1.00 e. The molecule has 0 amide bonds. The second kappa shape index (κ2) is 13.1. The first kappa shape index (κ1) is 30.2. The fourth-order valence-electron chi connectivity index (χ4n) is 4.35. The van der Waals surface area contributed by atoms with Crippen LogP contribution in [-0.4, -0.2) is 0 Å². The Labute approximate surface area is 284 Å². The maximum Gasteiger partial charge on any atom is 4.00 e. The Hall–Kier alpha value is -0.377. The smallest absolute Gasteiger partial charge is 1.00 e. The summed E-state index contributed by atoms with van der Waals surface area (Å²) in [6.45, 7) is 0. The van der Waals surface area contributed by atoms with Crippen LogP contribution >= 0.6 is 43.2 Å². The molecule has 0 saturated carbocycles. The van der Waals surface area contributed by atoms with E-state index in [2.05, 4.69) is 135 Å². The van der Waals surface area contributed by atoms with E-state index in [4.69, 9.17) is 0 Å². The first-order valence-corrected chi connectivity index (χ1v) is 13.1. The Bertz CT molecular complexity index is 1750. The summed E-state index contributed by atoms with van der Waals surface area (Å²) in [5, 5.41) is 7.85. The van der Waals surface area contributed by atoms with Gasteiger partial charge >= 0.3 is 26.2 Å². The van der Waals surface area contributed by atoms with Crippen molar-refractivity contribution in [3.05, 3.63) is 118 Å². The molecule has 0 spiro atoms. The molecule has 4 bridgehead atoms. The van der Waals surface area contributed by atoms with E-state index < -0.39 is 0 Å². The van der Waals surface area contributed by atoms with Gasteiger partial charge in [0.1, 0.15) is 0 Å². The monoisotopic (exact) mass is 912 g/mol. The fourth-order valence-corrected chi connectivity index (χ4v) is 6.31. The number of halogens is 4. The summed E-state index contributed by atoms with van der Waals surface area (Å²) < 4.78 is 4.99. The largest absolute Gasteiger partial charge is 4.00 e. The summed E-state index contributed by atoms with van der Waals surface area (Å²) in [5.41, 5.74) is 2.55. The van der Waals surface area contributed by atoms with E-state index in [0.717, 1.165) is 4.47 Å². The van der Waals surface area contributed by atoms with Crippen molar-refractivity contribution >= 4 is 84.9 Å². The van der Waals surface area contributed by atoms with Crippen LogP contribution in [0.4, 0.5) is 0 Å². The summed E-state index contributed by atoms with van der Waals surface area (Å²) in [4.78, 5) is 0. The molecule has 1 aromatic heterocycles. The molecular weight excluding hydrogens is 897 g/mol. The molecule has 7 rings (SSSR count). The number of rotatable bonds is 1. The summed E-state index contributed by atoms with van der Waals surface area (Å²) in [6.07, 6.45) is 0. The van der Waals surface area contributed by atoms with Crippen molar-refractivity contribution in [2.24, 2.45) is 0 Å². The number of benzene rings is 4. The van der Waals surface area contributed by atoms with Crippen molar-refractivity contribution < 1.29 is 74.2 Å². The molecule has 0 N–H and O–H groups in total. The van der Waals surface area contributed by atoms with E-state index in [0.29, 0.717) is 0 Å². The van der Waals surface area contributed by atoms with E-state index in [1.807, 2.05) is 17.4 Å². The SMILES string of the molecule is Brc1ccc2sc3cccc(c3)c3cc2c1[cH-]3.Brc1cccc2cc(-c3ccccc3)[cH-]c12.[I-].[I-].[Zr+4]. The second-order valence-electron chi connectivity index (χ2n) is 8.10. The Kier molecular flexibility index (Phi) is 11.0. The Balaban J connectivity index is 0.000000185. The van der Waals surface area contributed by atoms with Gasteiger partial charge in [0.2, 0.25) is 0 Å². The van der Waals surface area contributed by atoms with E-state index in [1.54, 1.807) is 0 Å². The van der Waals surface area contributed by atoms with Crippen molar-refractivity contribution in [3.63, 3.8) is 0 Å². The predicted molar refractivity (Wildman–Crippen MR) is 153 cm³/mol. The maximum atomic E-state index is 3.63. The van der Waals surface area contributed by atoms with Gasteiger partial charge in [-0.15, -0.1) is 94.6 Å². The quantitative estimate of drug-likeness (QED) is 0.166. The minimum absolute atomic E-state index is 0. The third-order valence-electron chi connectivity index (χ3n) is 5.99. The van der Waals surface area contributed by atoms with Crippen LogP contribution in [0.1, 0.15) is 0 Å². The summed E-state index contributed by atoms with van der Waals surface area (Å²) in [7, 11) is 0. The van der Waals surface area contributed by atoms with Crippen molar-refractivity contribution in [2.75, 3.05) is 0 Å². The van der Waals surface area contributed by atoms with E-state index >= 15 is 0 Å². The second-order valence-corrected chi connectivity index (χ2v) is 10.9. The zero-order valence-corrected chi connectivity index (χ0v) is 29.6. The summed E-state index contributed by atoms with van der Waals surface area (Å²) >= 11 is 9.06. The van der Waals surface area contributed by atoms with Gasteiger partial charge in [-0.3, -0.25) is 0 Å². The van der Waals surface area contributed by atoms with Crippen LogP contribution in [-0.2, 0) is 26.2 Å². The van der Waals surface area contributed by atoms with Crippen LogP contribution < -0.4 is 48.0 Å². The molecule has 0 saturated heterocycles. The average molecular weight is 915 g/mol. The molecule has 0 aliphatic rings. The number of hydrogen-bond acceptors (Lipinski definition) is 1. The normalized spacial score (nSPS) is 10.4. The van der Waals surface area contributed by atoms with Crippen molar-refractivity contribution in [1.82, 2.24) is 0 Å². The molecule has 6 heteroatoms. The molecule has 176 valence electrons. The molecule has 0 radical (unpaired) electrons. The van der Waals surface area contributed by atoms with Crippen LogP contribution in [0, 0.1) is 0 Å². The van der Waals surface area contributed by atoms with Gasteiger partial charge in [0, 0.05) is 4.70 Å². The van der Waals surface area contributed by atoms with Crippen molar-refractivity contribution in [3.8, 4) is 11.1 Å². The van der Waals surface area contributed by atoms with Gasteiger partial charge in [0.15, 0.2) is 0 Å².